The Bertz CT molecular complexity index is 328. The molecule has 0 amide bonds. The summed E-state index contributed by atoms with van der Waals surface area (Å²) in [6.45, 7) is 8.43. The molecular weight excluding hydrogens is 238 g/mol. The number of sulfone groups is 1. The number of rotatable bonds is 7. The van der Waals surface area contributed by atoms with Gasteiger partial charge in [-0.2, -0.15) is 0 Å². The molecule has 0 saturated carbocycles. The van der Waals surface area contributed by atoms with Crippen LogP contribution in [0, 0.1) is 0 Å². The predicted octanol–water partition coefficient (Wildman–Crippen LogP) is -0.566. The Balaban J connectivity index is 2.43. The van der Waals surface area contributed by atoms with Gasteiger partial charge >= 0.3 is 0 Å². The van der Waals surface area contributed by atoms with Gasteiger partial charge in [0, 0.05) is 25.2 Å². The number of nitrogens with two attached hydrogens (primary N) is 1. The Kier molecular flexibility index (Phi) is 5.37. The second-order valence-electron chi connectivity index (χ2n) is 4.78. The molecule has 1 saturated heterocycles. The smallest absolute Gasteiger partial charge is 0.152 e. The highest BCUT2D eigenvalue weighted by atomic mass is 32.2. The number of nitrogens with zero attached hydrogens (tertiary/aromatic N) is 1. The molecule has 0 aromatic carbocycles. The van der Waals surface area contributed by atoms with E-state index in [0.29, 0.717) is 13.0 Å². The number of hydrogen-bond donors (Lipinski definition) is 2. The topological polar surface area (TPSA) is 75.4 Å². The predicted molar refractivity (Wildman–Crippen MR) is 70.8 cm³/mol. The van der Waals surface area contributed by atoms with Gasteiger partial charge in [0.1, 0.15) is 0 Å². The third-order valence-corrected chi connectivity index (χ3v) is 5.42. The molecular formula is C11H25N3O2S. The lowest BCUT2D eigenvalue weighted by molar-refractivity contribution is 0.277. The van der Waals surface area contributed by atoms with Crippen molar-refractivity contribution in [2.75, 3.05) is 44.2 Å². The average molecular weight is 263 g/mol. The minimum absolute atomic E-state index is 0.189. The van der Waals surface area contributed by atoms with Gasteiger partial charge in [0.2, 0.25) is 0 Å². The first-order valence-electron chi connectivity index (χ1n) is 6.35. The van der Waals surface area contributed by atoms with Gasteiger partial charge < -0.3 is 16.0 Å². The second kappa shape index (κ2) is 6.13. The molecule has 1 heterocycles. The molecule has 1 aliphatic heterocycles. The molecule has 0 aromatic rings. The van der Waals surface area contributed by atoms with Crippen LogP contribution in [0.5, 0.6) is 0 Å². The van der Waals surface area contributed by atoms with Gasteiger partial charge in [0.15, 0.2) is 9.84 Å². The van der Waals surface area contributed by atoms with Gasteiger partial charge in [-0.05, 0) is 19.5 Å². The van der Waals surface area contributed by atoms with Gasteiger partial charge in [0.05, 0.1) is 11.5 Å². The Labute approximate surface area is 105 Å². The number of likely N-dealkylation sites (N-methyl/N-ethyl adjacent to an activating group) is 1. The van der Waals surface area contributed by atoms with E-state index < -0.39 is 9.84 Å². The lowest BCUT2D eigenvalue weighted by Gasteiger charge is -2.29. The first-order chi connectivity index (χ1) is 7.97. The summed E-state index contributed by atoms with van der Waals surface area (Å²) < 4.78 is 23.0. The van der Waals surface area contributed by atoms with Crippen LogP contribution in [0.25, 0.3) is 0 Å². The van der Waals surface area contributed by atoms with E-state index in [1.807, 2.05) is 0 Å². The summed E-state index contributed by atoms with van der Waals surface area (Å²) >= 11 is 0. The zero-order valence-corrected chi connectivity index (χ0v) is 11.7. The molecule has 17 heavy (non-hydrogen) atoms. The third kappa shape index (κ3) is 4.21. The summed E-state index contributed by atoms with van der Waals surface area (Å²) in [5, 5.41) is 3.35. The summed E-state index contributed by atoms with van der Waals surface area (Å²) in [6.07, 6.45) is 0.643. The van der Waals surface area contributed by atoms with Gasteiger partial charge in [0.25, 0.3) is 0 Å². The normalized spacial score (nSPS) is 27.8. The Morgan fingerprint density at radius 2 is 2.00 bits per heavy atom. The van der Waals surface area contributed by atoms with Gasteiger partial charge in [-0.25, -0.2) is 8.42 Å². The average Bonchev–Trinajstić information content (AvgIpc) is 2.61. The highest BCUT2D eigenvalue weighted by molar-refractivity contribution is 7.91. The monoisotopic (exact) mass is 263 g/mol. The first-order valence-corrected chi connectivity index (χ1v) is 8.17. The molecule has 6 heteroatoms. The van der Waals surface area contributed by atoms with Crippen molar-refractivity contribution in [3.8, 4) is 0 Å². The van der Waals surface area contributed by atoms with Crippen LogP contribution >= 0.6 is 0 Å². The van der Waals surface area contributed by atoms with Crippen LogP contribution < -0.4 is 11.1 Å². The minimum atomic E-state index is -2.88. The fourth-order valence-electron chi connectivity index (χ4n) is 2.31. The van der Waals surface area contributed by atoms with Crippen molar-refractivity contribution < 1.29 is 8.42 Å². The maximum Gasteiger partial charge on any atom is 0.152 e. The van der Waals surface area contributed by atoms with Crippen molar-refractivity contribution in [2.24, 2.45) is 5.73 Å². The second-order valence-corrected chi connectivity index (χ2v) is 6.96. The molecule has 1 fully saturated rings. The van der Waals surface area contributed by atoms with Crippen LogP contribution in [0.3, 0.4) is 0 Å². The van der Waals surface area contributed by atoms with E-state index in [1.165, 1.54) is 0 Å². The summed E-state index contributed by atoms with van der Waals surface area (Å²) in [4.78, 5) is 2.31. The van der Waals surface area contributed by atoms with Gasteiger partial charge in [-0.3, -0.25) is 0 Å². The molecule has 5 nitrogen and oxygen atoms in total. The Hall–Kier alpha value is -0.170. The van der Waals surface area contributed by atoms with E-state index in [2.05, 4.69) is 24.1 Å². The molecule has 1 atom stereocenters. The number of hydrogen-bond acceptors (Lipinski definition) is 5. The largest absolute Gasteiger partial charge is 0.329 e. The van der Waals surface area contributed by atoms with Gasteiger partial charge in [-0.1, -0.05) is 13.8 Å². The lowest BCUT2D eigenvalue weighted by atomic mass is 9.99. The van der Waals surface area contributed by atoms with Crippen LogP contribution in [0.15, 0.2) is 0 Å². The molecule has 0 aliphatic carbocycles. The molecule has 1 rings (SSSR count). The molecule has 0 bridgehead atoms. The standard InChI is InChI=1S/C11H25N3O2S/c1-3-14(4-2)7-6-13-11(9-12)5-8-17(15,16)10-11/h13H,3-10,12H2,1-2H3. The highest BCUT2D eigenvalue weighted by Crippen LogP contribution is 2.22. The zero-order chi connectivity index (χ0) is 12.9. The van der Waals surface area contributed by atoms with Crippen LogP contribution in [-0.2, 0) is 9.84 Å². The fraction of sp³-hybridized carbons (Fsp3) is 1.00. The lowest BCUT2D eigenvalue weighted by Crippen LogP contribution is -2.54. The van der Waals surface area contributed by atoms with E-state index in [-0.39, 0.29) is 17.0 Å². The molecule has 3 N–H and O–H groups in total. The molecule has 1 aliphatic rings. The SMILES string of the molecule is CCN(CC)CCNC1(CN)CCS(=O)(=O)C1. The first kappa shape index (κ1) is 14.9. The summed E-state index contributed by atoms with van der Waals surface area (Å²) in [6, 6.07) is 0. The van der Waals surface area contributed by atoms with Crippen molar-refractivity contribution in [1.29, 1.82) is 0 Å². The Morgan fingerprint density at radius 1 is 1.35 bits per heavy atom. The molecule has 0 spiro atoms. The van der Waals surface area contributed by atoms with Crippen LogP contribution in [-0.4, -0.2) is 63.1 Å². The van der Waals surface area contributed by atoms with E-state index in [0.717, 1.165) is 26.2 Å². The van der Waals surface area contributed by atoms with Crippen LogP contribution in [0.2, 0.25) is 0 Å². The van der Waals surface area contributed by atoms with Crippen molar-refractivity contribution in [3.63, 3.8) is 0 Å². The zero-order valence-electron chi connectivity index (χ0n) is 10.9. The molecule has 102 valence electrons. The summed E-state index contributed by atoms with van der Waals surface area (Å²) in [7, 11) is -2.88. The van der Waals surface area contributed by atoms with Crippen molar-refractivity contribution in [3.05, 3.63) is 0 Å². The maximum absolute atomic E-state index is 11.5. The van der Waals surface area contributed by atoms with Crippen molar-refractivity contribution in [2.45, 2.75) is 25.8 Å². The quantitative estimate of drug-likeness (QED) is 0.643. The minimum Gasteiger partial charge on any atom is -0.329 e. The van der Waals surface area contributed by atoms with Crippen LogP contribution in [0.1, 0.15) is 20.3 Å². The van der Waals surface area contributed by atoms with Gasteiger partial charge in [-0.15, -0.1) is 0 Å². The van der Waals surface area contributed by atoms with Crippen molar-refractivity contribution in [1.82, 2.24) is 10.2 Å². The number of nitrogens with one attached hydrogen (secondary N) is 1. The summed E-state index contributed by atoms with van der Waals surface area (Å²) in [5.41, 5.74) is 5.35. The van der Waals surface area contributed by atoms with Crippen LogP contribution in [0.4, 0.5) is 0 Å². The fourth-order valence-corrected chi connectivity index (χ4v) is 4.36. The molecule has 0 aromatic heterocycles. The molecule has 1 unspecified atom stereocenters. The van der Waals surface area contributed by atoms with E-state index in [9.17, 15) is 8.42 Å². The van der Waals surface area contributed by atoms with Crippen molar-refractivity contribution >= 4 is 9.84 Å². The highest BCUT2D eigenvalue weighted by Gasteiger charge is 2.40. The summed E-state index contributed by atoms with van der Waals surface area (Å²) in [5.74, 6) is 0.456. The van der Waals surface area contributed by atoms with E-state index in [4.69, 9.17) is 5.73 Å². The Morgan fingerprint density at radius 3 is 2.41 bits per heavy atom. The van der Waals surface area contributed by atoms with E-state index >= 15 is 0 Å². The third-order valence-electron chi connectivity index (χ3n) is 3.60. The van der Waals surface area contributed by atoms with E-state index in [1.54, 1.807) is 0 Å². The molecule has 0 radical (unpaired) electrons. The maximum atomic E-state index is 11.5.